The van der Waals surface area contributed by atoms with Gasteiger partial charge in [-0.05, 0) is 30.2 Å². The molecule has 152 valence electrons. The minimum Gasteiger partial charge on any atom is -0.497 e. The van der Waals surface area contributed by atoms with Gasteiger partial charge >= 0.3 is 5.97 Å². The van der Waals surface area contributed by atoms with E-state index < -0.39 is 17.6 Å². The van der Waals surface area contributed by atoms with Crippen molar-refractivity contribution in [3.8, 4) is 5.75 Å². The van der Waals surface area contributed by atoms with E-state index in [9.17, 15) is 9.90 Å². The van der Waals surface area contributed by atoms with E-state index >= 15 is 0 Å². The second-order valence-corrected chi connectivity index (χ2v) is 7.54. The molecule has 0 aromatic heterocycles. The molecule has 2 atom stereocenters. The Morgan fingerprint density at radius 3 is 2.17 bits per heavy atom. The van der Waals surface area contributed by atoms with E-state index in [-0.39, 0.29) is 0 Å². The Labute approximate surface area is 176 Å². The van der Waals surface area contributed by atoms with E-state index in [2.05, 4.69) is 4.90 Å². The third-order valence-electron chi connectivity index (χ3n) is 5.55. The summed E-state index contributed by atoms with van der Waals surface area (Å²) in [6, 6.07) is 26.9. The molecule has 0 radical (unpaired) electrons. The Hall–Kier alpha value is -3.60. The van der Waals surface area contributed by atoms with E-state index in [1.807, 2.05) is 84.9 Å². The first kappa shape index (κ1) is 19.7. The lowest BCUT2D eigenvalue weighted by Crippen LogP contribution is -2.43. The molecule has 0 unspecified atom stereocenters. The number of carboxylic acid groups (broad SMARTS) is 1. The molecule has 1 aliphatic heterocycles. The SMILES string of the molecule is COc1ccc([C@H]2N(Cc3ccccc3)C(c3ccccc3)=N[C@@]2(C)C(=O)O)cc1. The summed E-state index contributed by atoms with van der Waals surface area (Å²) in [4.78, 5) is 19.3. The molecular weight excluding hydrogens is 376 g/mol. The largest absolute Gasteiger partial charge is 0.497 e. The Morgan fingerprint density at radius 1 is 1.00 bits per heavy atom. The number of benzene rings is 3. The van der Waals surface area contributed by atoms with Gasteiger partial charge in [-0.2, -0.15) is 0 Å². The van der Waals surface area contributed by atoms with Crippen molar-refractivity contribution < 1.29 is 14.6 Å². The number of nitrogens with zero attached hydrogens (tertiary/aromatic N) is 2. The van der Waals surface area contributed by atoms with Crippen LogP contribution in [0.2, 0.25) is 0 Å². The van der Waals surface area contributed by atoms with Crippen LogP contribution in [0, 0.1) is 0 Å². The summed E-state index contributed by atoms with van der Waals surface area (Å²) in [7, 11) is 1.62. The fourth-order valence-electron chi connectivity index (χ4n) is 3.99. The topological polar surface area (TPSA) is 62.1 Å². The molecule has 0 spiro atoms. The van der Waals surface area contributed by atoms with Crippen LogP contribution in [0.1, 0.15) is 29.7 Å². The maximum absolute atomic E-state index is 12.4. The van der Waals surface area contributed by atoms with Gasteiger partial charge in [-0.25, -0.2) is 9.79 Å². The quantitative estimate of drug-likeness (QED) is 0.660. The molecule has 0 aliphatic carbocycles. The molecule has 1 heterocycles. The highest BCUT2D eigenvalue weighted by Gasteiger charge is 2.51. The summed E-state index contributed by atoms with van der Waals surface area (Å²) in [5.74, 6) is 0.463. The zero-order valence-electron chi connectivity index (χ0n) is 17.0. The summed E-state index contributed by atoms with van der Waals surface area (Å²) in [5.41, 5.74) is 1.55. The van der Waals surface area contributed by atoms with E-state index in [4.69, 9.17) is 9.73 Å². The van der Waals surface area contributed by atoms with Crippen LogP contribution in [0.3, 0.4) is 0 Å². The van der Waals surface area contributed by atoms with E-state index in [0.717, 1.165) is 22.4 Å². The summed E-state index contributed by atoms with van der Waals surface area (Å²) in [6.45, 7) is 2.24. The first-order valence-electron chi connectivity index (χ1n) is 9.86. The number of methoxy groups -OCH3 is 1. The molecule has 1 N–H and O–H groups in total. The minimum absolute atomic E-state index is 0.462. The molecule has 0 saturated heterocycles. The zero-order valence-corrected chi connectivity index (χ0v) is 17.0. The third-order valence-corrected chi connectivity index (χ3v) is 5.55. The van der Waals surface area contributed by atoms with Gasteiger partial charge in [0.15, 0.2) is 5.54 Å². The van der Waals surface area contributed by atoms with Crippen LogP contribution in [0.25, 0.3) is 0 Å². The lowest BCUT2D eigenvalue weighted by Gasteiger charge is -2.34. The molecule has 0 fully saturated rings. The lowest BCUT2D eigenvalue weighted by molar-refractivity contribution is -0.144. The molecule has 0 bridgehead atoms. The van der Waals surface area contributed by atoms with Crippen LogP contribution in [0.5, 0.6) is 5.75 Å². The standard InChI is InChI=1S/C25H24N2O3/c1-25(24(28)29)22(19-13-15-21(30-2)16-14-19)27(17-18-9-5-3-6-10-18)23(26-25)20-11-7-4-8-12-20/h3-16,22H,17H2,1-2H3,(H,28,29)/t22-,25-/m1/s1. The number of rotatable bonds is 6. The van der Waals surface area contributed by atoms with Gasteiger partial charge in [0.1, 0.15) is 11.6 Å². The van der Waals surface area contributed by atoms with Crippen molar-refractivity contribution in [2.45, 2.75) is 25.0 Å². The highest BCUT2D eigenvalue weighted by Crippen LogP contribution is 2.43. The van der Waals surface area contributed by atoms with Gasteiger partial charge in [0.25, 0.3) is 0 Å². The Kier molecular flexibility index (Phi) is 5.27. The summed E-state index contributed by atoms with van der Waals surface area (Å²) in [5, 5.41) is 10.2. The normalized spacial score (nSPS) is 20.7. The van der Waals surface area contributed by atoms with Crippen LogP contribution < -0.4 is 4.74 Å². The second-order valence-electron chi connectivity index (χ2n) is 7.54. The van der Waals surface area contributed by atoms with Crippen molar-refractivity contribution >= 4 is 11.8 Å². The van der Waals surface area contributed by atoms with Crippen molar-refractivity contribution in [3.05, 3.63) is 102 Å². The molecule has 3 aromatic carbocycles. The monoisotopic (exact) mass is 400 g/mol. The molecule has 5 nitrogen and oxygen atoms in total. The summed E-state index contributed by atoms with van der Waals surface area (Å²) < 4.78 is 5.29. The summed E-state index contributed by atoms with van der Waals surface area (Å²) >= 11 is 0. The lowest BCUT2D eigenvalue weighted by atomic mass is 9.87. The van der Waals surface area contributed by atoms with Gasteiger partial charge in [-0.15, -0.1) is 0 Å². The van der Waals surface area contributed by atoms with Crippen molar-refractivity contribution in [1.29, 1.82) is 0 Å². The molecule has 3 aromatic rings. The fourth-order valence-corrected chi connectivity index (χ4v) is 3.99. The predicted molar refractivity (Wildman–Crippen MR) is 117 cm³/mol. The molecule has 5 heteroatoms. The third kappa shape index (κ3) is 3.54. The van der Waals surface area contributed by atoms with E-state index in [0.29, 0.717) is 12.4 Å². The minimum atomic E-state index is -1.32. The van der Waals surface area contributed by atoms with Gasteiger partial charge in [-0.1, -0.05) is 72.8 Å². The molecule has 4 rings (SSSR count). The van der Waals surface area contributed by atoms with Crippen LogP contribution >= 0.6 is 0 Å². The first-order valence-corrected chi connectivity index (χ1v) is 9.86. The number of hydrogen-bond donors (Lipinski definition) is 1. The van der Waals surface area contributed by atoms with E-state index in [1.54, 1.807) is 14.0 Å². The maximum atomic E-state index is 12.4. The highest BCUT2D eigenvalue weighted by molar-refractivity contribution is 6.03. The average Bonchev–Trinajstić information content (AvgIpc) is 3.08. The van der Waals surface area contributed by atoms with Crippen LogP contribution in [0.15, 0.2) is 89.9 Å². The van der Waals surface area contributed by atoms with Crippen LogP contribution in [-0.4, -0.2) is 34.5 Å². The van der Waals surface area contributed by atoms with Crippen molar-refractivity contribution in [2.75, 3.05) is 7.11 Å². The highest BCUT2D eigenvalue weighted by atomic mass is 16.5. The number of ether oxygens (including phenoxy) is 1. The number of aliphatic imine (C=N–C) groups is 1. The van der Waals surface area contributed by atoms with Gasteiger partial charge in [0.05, 0.1) is 13.2 Å². The second kappa shape index (κ2) is 8.03. The molecule has 30 heavy (non-hydrogen) atoms. The number of amidine groups is 1. The smallest absolute Gasteiger partial charge is 0.333 e. The zero-order chi connectivity index (χ0) is 21.1. The average molecular weight is 400 g/mol. The Morgan fingerprint density at radius 2 is 1.60 bits per heavy atom. The van der Waals surface area contributed by atoms with Gasteiger partial charge in [-0.3, -0.25) is 0 Å². The van der Waals surface area contributed by atoms with Crippen molar-refractivity contribution in [2.24, 2.45) is 4.99 Å². The number of carboxylic acids is 1. The number of carbonyl (C=O) groups is 1. The van der Waals surface area contributed by atoms with Crippen molar-refractivity contribution in [1.82, 2.24) is 4.90 Å². The number of aliphatic carboxylic acids is 1. The molecule has 1 aliphatic rings. The van der Waals surface area contributed by atoms with Crippen molar-refractivity contribution in [3.63, 3.8) is 0 Å². The number of hydrogen-bond acceptors (Lipinski definition) is 4. The van der Waals surface area contributed by atoms with Crippen LogP contribution in [-0.2, 0) is 11.3 Å². The van der Waals surface area contributed by atoms with E-state index in [1.165, 1.54) is 0 Å². The summed E-state index contributed by atoms with van der Waals surface area (Å²) in [6.07, 6.45) is 0. The molecular formula is C25H24N2O3. The maximum Gasteiger partial charge on any atom is 0.333 e. The predicted octanol–water partition coefficient (Wildman–Crippen LogP) is 4.54. The fraction of sp³-hybridized carbons (Fsp3) is 0.200. The Balaban J connectivity index is 1.85. The van der Waals surface area contributed by atoms with Gasteiger partial charge in [0, 0.05) is 12.1 Å². The van der Waals surface area contributed by atoms with Gasteiger partial charge in [0.2, 0.25) is 0 Å². The first-order chi connectivity index (χ1) is 14.5. The van der Waals surface area contributed by atoms with Crippen LogP contribution in [0.4, 0.5) is 0 Å². The Bertz CT molecular complexity index is 1050. The van der Waals surface area contributed by atoms with Gasteiger partial charge < -0.3 is 14.7 Å². The molecule has 0 amide bonds. The molecule has 0 saturated carbocycles.